The molecule has 2 aromatic rings. The van der Waals surface area contributed by atoms with E-state index in [-0.39, 0.29) is 24.3 Å². The highest BCUT2D eigenvalue weighted by atomic mass is 32.1. The summed E-state index contributed by atoms with van der Waals surface area (Å²) in [6.07, 6.45) is 1.26. The molecule has 3 rings (SSSR count). The van der Waals surface area contributed by atoms with Crippen molar-refractivity contribution in [2.45, 2.75) is 38.7 Å². The first-order valence-corrected chi connectivity index (χ1v) is 8.39. The fourth-order valence-corrected chi connectivity index (χ4v) is 3.76. The third-order valence-corrected chi connectivity index (χ3v) is 4.64. The van der Waals surface area contributed by atoms with Crippen molar-refractivity contribution in [1.29, 1.82) is 0 Å². The molecule has 1 aliphatic heterocycles. The van der Waals surface area contributed by atoms with Gasteiger partial charge in [0.2, 0.25) is 0 Å². The predicted molar refractivity (Wildman–Crippen MR) is 86.3 cm³/mol. The molecule has 2 aromatic heterocycles. The highest BCUT2D eigenvalue weighted by Crippen LogP contribution is 2.14. The maximum atomic E-state index is 12.3. The molecule has 22 heavy (non-hydrogen) atoms. The van der Waals surface area contributed by atoms with Crippen LogP contribution in [0.2, 0.25) is 0 Å². The van der Waals surface area contributed by atoms with E-state index in [1.165, 1.54) is 22.2 Å². The summed E-state index contributed by atoms with van der Waals surface area (Å²) in [5.41, 5.74) is -0.0889. The zero-order chi connectivity index (χ0) is 15.7. The van der Waals surface area contributed by atoms with E-state index < -0.39 is 6.10 Å². The van der Waals surface area contributed by atoms with Gasteiger partial charge in [-0.05, 0) is 25.3 Å². The Labute approximate surface area is 133 Å². The number of rotatable bonds is 4. The van der Waals surface area contributed by atoms with Gasteiger partial charge < -0.3 is 9.84 Å². The minimum absolute atomic E-state index is 0.0889. The van der Waals surface area contributed by atoms with Crippen molar-refractivity contribution in [1.82, 2.24) is 14.5 Å². The largest absolute Gasteiger partial charge is 0.390 e. The zero-order valence-corrected chi connectivity index (χ0v) is 13.6. The van der Waals surface area contributed by atoms with Crippen LogP contribution in [-0.2, 0) is 11.3 Å². The Bertz CT molecular complexity index is 689. The maximum Gasteiger partial charge on any atom is 0.262 e. The van der Waals surface area contributed by atoms with E-state index in [1.807, 2.05) is 19.2 Å². The zero-order valence-electron chi connectivity index (χ0n) is 12.8. The van der Waals surface area contributed by atoms with Gasteiger partial charge in [0, 0.05) is 19.6 Å². The van der Waals surface area contributed by atoms with Crippen LogP contribution in [0.15, 0.2) is 22.6 Å². The minimum Gasteiger partial charge on any atom is -0.390 e. The lowest BCUT2D eigenvalue weighted by Gasteiger charge is -2.36. The fraction of sp³-hybridized carbons (Fsp3) is 0.600. The van der Waals surface area contributed by atoms with E-state index in [0.29, 0.717) is 11.9 Å². The van der Waals surface area contributed by atoms with E-state index in [2.05, 4.69) is 9.88 Å². The third kappa shape index (κ3) is 3.38. The van der Waals surface area contributed by atoms with E-state index in [9.17, 15) is 9.90 Å². The van der Waals surface area contributed by atoms with Crippen LogP contribution in [0.3, 0.4) is 0 Å². The lowest BCUT2D eigenvalue weighted by Crippen LogP contribution is -2.48. The normalized spacial score (nSPS) is 24.7. The highest BCUT2D eigenvalue weighted by Gasteiger charge is 2.24. The Hall–Kier alpha value is -1.28. The molecule has 6 nitrogen and oxygen atoms in total. The number of aromatic nitrogens is 2. The Morgan fingerprint density at radius 3 is 2.86 bits per heavy atom. The minimum atomic E-state index is -0.604. The lowest BCUT2D eigenvalue weighted by molar-refractivity contribution is -0.0773. The molecule has 120 valence electrons. The molecule has 0 saturated carbocycles. The van der Waals surface area contributed by atoms with Crippen molar-refractivity contribution < 1.29 is 9.84 Å². The van der Waals surface area contributed by atoms with Crippen molar-refractivity contribution in [3.8, 4) is 0 Å². The predicted octanol–water partition coefficient (Wildman–Crippen LogP) is 0.928. The van der Waals surface area contributed by atoms with E-state index in [0.717, 1.165) is 17.9 Å². The van der Waals surface area contributed by atoms with Crippen molar-refractivity contribution in [2.75, 3.05) is 19.6 Å². The first-order valence-electron chi connectivity index (χ1n) is 7.51. The van der Waals surface area contributed by atoms with Gasteiger partial charge in [-0.3, -0.25) is 14.3 Å². The van der Waals surface area contributed by atoms with Gasteiger partial charge in [-0.15, -0.1) is 11.3 Å². The number of hydrogen-bond acceptors (Lipinski definition) is 6. The summed E-state index contributed by atoms with van der Waals surface area (Å²) in [7, 11) is 0. The molecule has 1 N–H and O–H groups in total. The van der Waals surface area contributed by atoms with Gasteiger partial charge in [0.15, 0.2) is 0 Å². The quantitative estimate of drug-likeness (QED) is 0.906. The number of hydrogen-bond donors (Lipinski definition) is 1. The molecule has 0 bridgehead atoms. The van der Waals surface area contributed by atoms with Crippen LogP contribution in [0, 0.1) is 0 Å². The summed E-state index contributed by atoms with van der Waals surface area (Å²) >= 11 is 1.45. The van der Waals surface area contributed by atoms with Gasteiger partial charge in [-0.1, -0.05) is 0 Å². The molecule has 0 unspecified atom stereocenters. The van der Waals surface area contributed by atoms with E-state index in [4.69, 9.17) is 4.74 Å². The van der Waals surface area contributed by atoms with Crippen LogP contribution in [-0.4, -0.2) is 57.5 Å². The smallest absolute Gasteiger partial charge is 0.262 e. The van der Waals surface area contributed by atoms with Crippen LogP contribution in [0.4, 0.5) is 0 Å². The molecular formula is C15H21N3O3S. The van der Waals surface area contributed by atoms with Gasteiger partial charge in [0.05, 0.1) is 36.6 Å². The number of fused-ring (bicyclic) bond motifs is 1. The van der Waals surface area contributed by atoms with Crippen LogP contribution in [0.5, 0.6) is 0 Å². The summed E-state index contributed by atoms with van der Waals surface area (Å²) < 4.78 is 7.18. The molecule has 0 aromatic carbocycles. The number of morpholine rings is 1. The van der Waals surface area contributed by atoms with Crippen LogP contribution in [0.1, 0.15) is 13.8 Å². The van der Waals surface area contributed by atoms with Crippen molar-refractivity contribution >= 4 is 21.6 Å². The number of nitrogens with zero attached hydrogens (tertiary/aromatic N) is 3. The summed E-state index contributed by atoms with van der Waals surface area (Å²) in [6, 6.07) is 1.78. The Balaban J connectivity index is 1.66. The number of aliphatic hydroxyl groups excluding tert-OH is 1. The third-order valence-electron chi connectivity index (χ3n) is 3.82. The Morgan fingerprint density at radius 1 is 1.41 bits per heavy atom. The number of ether oxygens (including phenoxy) is 1. The van der Waals surface area contributed by atoms with E-state index >= 15 is 0 Å². The van der Waals surface area contributed by atoms with E-state index in [1.54, 1.807) is 6.07 Å². The van der Waals surface area contributed by atoms with Crippen LogP contribution < -0.4 is 5.56 Å². The second-order valence-electron chi connectivity index (χ2n) is 5.97. The molecule has 0 amide bonds. The summed E-state index contributed by atoms with van der Waals surface area (Å²) in [6.45, 7) is 6.47. The first-order chi connectivity index (χ1) is 10.5. The van der Waals surface area contributed by atoms with Crippen molar-refractivity contribution in [3.63, 3.8) is 0 Å². The molecule has 3 atom stereocenters. The summed E-state index contributed by atoms with van der Waals surface area (Å²) in [4.78, 5) is 19.5. The summed E-state index contributed by atoms with van der Waals surface area (Å²) in [5, 5.41) is 12.8. The molecule has 0 radical (unpaired) electrons. The summed E-state index contributed by atoms with van der Waals surface area (Å²) in [5.74, 6) is 0. The van der Waals surface area contributed by atoms with Gasteiger partial charge in [0.25, 0.3) is 5.56 Å². The lowest BCUT2D eigenvalue weighted by atomic mass is 10.2. The maximum absolute atomic E-state index is 12.3. The molecule has 7 heteroatoms. The molecule has 0 spiro atoms. The highest BCUT2D eigenvalue weighted by molar-refractivity contribution is 7.16. The molecule has 1 saturated heterocycles. The first kappa shape index (κ1) is 15.6. The molecule has 1 aliphatic rings. The molecule has 3 heterocycles. The Kier molecular flexibility index (Phi) is 4.58. The van der Waals surface area contributed by atoms with Gasteiger partial charge in [-0.2, -0.15) is 0 Å². The monoisotopic (exact) mass is 323 g/mol. The van der Waals surface area contributed by atoms with Gasteiger partial charge in [-0.25, -0.2) is 4.98 Å². The standard InChI is InChI=1S/C15H21N3O3S/c1-10-5-17(6-11(2)21-10)7-12(19)8-18-9-16-14-13(15(18)20)3-4-22-14/h3-4,9-12,19H,5-8H2,1-2H3/t10-,11+,12-/m1/s1. The van der Waals surface area contributed by atoms with Crippen LogP contribution in [0.25, 0.3) is 10.2 Å². The average Bonchev–Trinajstić information content (AvgIpc) is 2.90. The number of β-amino-alcohol motifs (C(OH)–C–C–N with tert-alkyl or cyclic N) is 1. The van der Waals surface area contributed by atoms with Crippen molar-refractivity contribution in [3.05, 3.63) is 28.1 Å². The topological polar surface area (TPSA) is 67.6 Å². The fourth-order valence-electron chi connectivity index (χ4n) is 3.04. The van der Waals surface area contributed by atoms with Gasteiger partial charge >= 0.3 is 0 Å². The average molecular weight is 323 g/mol. The number of thiophene rings is 1. The Morgan fingerprint density at radius 2 is 2.14 bits per heavy atom. The number of aliphatic hydroxyl groups is 1. The van der Waals surface area contributed by atoms with Gasteiger partial charge in [0.1, 0.15) is 4.83 Å². The molecule has 0 aliphatic carbocycles. The molecule has 1 fully saturated rings. The SMILES string of the molecule is C[C@@H]1CN(C[C@@H](O)Cn2cnc3sccc3c2=O)C[C@H](C)O1. The molecular weight excluding hydrogens is 302 g/mol. The second-order valence-corrected chi connectivity index (χ2v) is 6.87. The van der Waals surface area contributed by atoms with Crippen molar-refractivity contribution in [2.24, 2.45) is 0 Å². The second kappa shape index (κ2) is 6.45. The van der Waals surface area contributed by atoms with Crippen LogP contribution >= 0.6 is 11.3 Å².